The first-order valence-corrected chi connectivity index (χ1v) is 7.24. The van der Waals surface area contributed by atoms with Crippen LogP contribution in [0.5, 0.6) is 0 Å². The maximum atomic E-state index is 11.8. The van der Waals surface area contributed by atoms with Crippen LogP contribution in [0.3, 0.4) is 0 Å². The Balaban J connectivity index is 2.06. The summed E-state index contributed by atoms with van der Waals surface area (Å²) in [6.45, 7) is 0. The lowest BCUT2D eigenvalue weighted by Crippen LogP contribution is -2.20. The van der Waals surface area contributed by atoms with Crippen LogP contribution in [0.25, 0.3) is 0 Å². The summed E-state index contributed by atoms with van der Waals surface area (Å²) in [5, 5.41) is 25.5. The van der Waals surface area contributed by atoms with Crippen molar-refractivity contribution in [2.75, 3.05) is 0 Å². The quantitative estimate of drug-likeness (QED) is 0.480. The molecular weight excluding hydrogens is 352 g/mol. The summed E-state index contributed by atoms with van der Waals surface area (Å²) < 4.78 is 0. The molecule has 0 aliphatic heterocycles. The zero-order valence-corrected chi connectivity index (χ0v) is 13.3. The number of carbonyl (C=O) groups is 1. The molecule has 128 valence electrons. The second kappa shape index (κ2) is 7.97. The predicted molar refractivity (Wildman–Crippen MR) is 90.6 cm³/mol. The van der Waals surface area contributed by atoms with Gasteiger partial charge in [0.05, 0.1) is 22.5 Å². The lowest BCUT2D eigenvalue weighted by molar-refractivity contribution is -0.385. The van der Waals surface area contributed by atoms with Crippen molar-refractivity contribution in [1.29, 1.82) is 0 Å². The fourth-order valence-electron chi connectivity index (χ4n) is 1.97. The number of non-ortho nitro benzene ring substituents is 1. The Bertz CT molecular complexity index is 869. The van der Waals surface area contributed by atoms with Crippen LogP contribution >= 0.6 is 11.6 Å². The molecule has 25 heavy (non-hydrogen) atoms. The van der Waals surface area contributed by atoms with Gasteiger partial charge in [-0.15, -0.1) is 0 Å². The highest BCUT2D eigenvalue weighted by Crippen LogP contribution is 2.20. The fraction of sp³-hybridized carbons (Fsp3) is 0.0667. The molecule has 9 nitrogen and oxygen atoms in total. The minimum absolute atomic E-state index is 0.164. The largest absolute Gasteiger partial charge is 0.273 e. The molecule has 1 amide bonds. The highest BCUT2D eigenvalue weighted by molar-refractivity contribution is 6.33. The Morgan fingerprint density at radius 2 is 1.88 bits per heavy atom. The zero-order valence-electron chi connectivity index (χ0n) is 12.6. The number of nitro groups is 2. The molecule has 0 saturated heterocycles. The summed E-state index contributed by atoms with van der Waals surface area (Å²) in [5.41, 5.74) is 2.36. The smallest absolute Gasteiger partial charge is 0.273 e. The molecule has 0 saturated carbocycles. The summed E-state index contributed by atoms with van der Waals surface area (Å²) in [7, 11) is 0. The predicted octanol–water partition coefficient (Wildman–Crippen LogP) is 2.85. The van der Waals surface area contributed by atoms with Crippen molar-refractivity contribution in [3.05, 3.63) is 78.8 Å². The molecule has 0 heterocycles. The second-order valence-corrected chi connectivity index (χ2v) is 5.23. The Morgan fingerprint density at radius 3 is 2.56 bits per heavy atom. The molecule has 2 rings (SSSR count). The van der Waals surface area contributed by atoms with Gasteiger partial charge in [0.15, 0.2) is 0 Å². The van der Waals surface area contributed by atoms with Crippen LogP contribution in [-0.2, 0) is 11.2 Å². The summed E-state index contributed by atoms with van der Waals surface area (Å²) in [5.74, 6) is -0.577. The molecule has 0 unspecified atom stereocenters. The summed E-state index contributed by atoms with van der Waals surface area (Å²) in [6, 6.07) is 9.65. The van der Waals surface area contributed by atoms with Gasteiger partial charge in [-0.1, -0.05) is 29.8 Å². The van der Waals surface area contributed by atoms with Crippen LogP contribution in [0.4, 0.5) is 11.4 Å². The van der Waals surface area contributed by atoms with Gasteiger partial charge in [-0.3, -0.25) is 25.0 Å². The first-order valence-electron chi connectivity index (χ1n) is 6.86. The molecule has 1 N–H and O–H groups in total. The van der Waals surface area contributed by atoms with Gasteiger partial charge in [-0.05, 0) is 6.07 Å². The van der Waals surface area contributed by atoms with Gasteiger partial charge in [-0.25, -0.2) is 5.43 Å². The van der Waals surface area contributed by atoms with Crippen molar-refractivity contribution >= 4 is 35.1 Å². The molecule has 0 fully saturated rings. The maximum Gasteiger partial charge on any atom is 0.273 e. The number of carbonyl (C=O) groups excluding carboxylic acids is 1. The number of halogens is 1. The molecule has 0 bridgehead atoms. The lowest BCUT2D eigenvalue weighted by Gasteiger charge is -2.02. The molecule has 0 aromatic heterocycles. The number of hydrogen-bond donors (Lipinski definition) is 1. The van der Waals surface area contributed by atoms with Crippen LogP contribution in [0.15, 0.2) is 47.6 Å². The second-order valence-electron chi connectivity index (χ2n) is 4.82. The normalized spacial score (nSPS) is 10.6. The third-order valence-corrected chi connectivity index (χ3v) is 3.47. The van der Waals surface area contributed by atoms with Crippen LogP contribution < -0.4 is 5.43 Å². The van der Waals surface area contributed by atoms with Crippen molar-refractivity contribution in [2.45, 2.75) is 6.42 Å². The van der Waals surface area contributed by atoms with Crippen LogP contribution in [0, 0.1) is 20.2 Å². The number of nitrogens with one attached hydrogen (secondary N) is 1. The SMILES string of the molecule is O=C(Cc1ccccc1[N+](=O)[O-])N/N=C/c1cc([N+](=O)[O-])ccc1Cl. The first kappa shape index (κ1) is 18.0. The van der Waals surface area contributed by atoms with Gasteiger partial charge < -0.3 is 0 Å². The van der Waals surface area contributed by atoms with E-state index in [4.69, 9.17) is 11.6 Å². The van der Waals surface area contributed by atoms with E-state index in [0.717, 1.165) is 6.21 Å². The molecule has 2 aromatic carbocycles. The lowest BCUT2D eigenvalue weighted by atomic mass is 10.1. The molecule has 0 spiro atoms. The van der Waals surface area contributed by atoms with E-state index in [9.17, 15) is 25.0 Å². The molecule has 0 atom stereocenters. The van der Waals surface area contributed by atoms with Gasteiger partial charge in [0.25, 0.3) is 11.4 Å². The van der Waals surface area contributed by atoms with Crippen LogP contribution in [0.1, 0.15) is 11.1 Å². The summed E-state index contributed by atoms with van der Waals surface area (Å²) >= 11 is 5.90. The first-order chi connectivity index (χ1) is 11.9. The third-order valence-electron chi connectivity index (χ3n) is 3.12. The highest BCUT2D eigenvalue weighted by atomic mass is 35.5. The van der Waals surface area contributed by atoms with E-state index in [1.165, 1.54) is 36.4 Å². The van der Waals surface area contributed by atoms with Crippen LogP contribution in [-0.4, -0.2) is 22.0 Å². The third kappa shape index (κ3) is 4.82. The number of hydrazone groups is 1. The van der Waals surface area contributed by atoms with E-state index in [2.05, 4.69) is 10.5 Å². The van der Waals surface area contributed by atoms with Crippen molar-refractivity contribution in [2.24, 2.45) is 5.10 Å². The van der Waals surface area contributed by atoms with Gasteiger partial charge >= 0.3 is 0 Å². The van der Waals surface area contributed by atoms with Gasteiger partial charge in [0, 0.05) is 34.3 Å². The van der Waals surface area contributed by atoms with E-state index in [-0.39, 0.29) is 33.9 Å². The van der Waals surface area contributed by atoms with E-state index in [1.54, 1.807) is 6.07 Å². The zero-order chi connectivity index (χ0) is 18.4. The molecule has 0 radical (unpaired) electrons. The number of benzene rings is 2. The summed E-state index contributed by atoms with van der Waals surface area (Å²) in [4.78, 5) is 32.3. The maximum absolute atomic E-state index is 11.8. The number of nitro benzene ring substituents is 2. The van der Waals surface area contributed by atoms with Crippen molar-refractivity contribution in [1.82, 2.24) is 5.43 Å². The minimum atomic E-state index is -0.583. The van der Waals surface area contributed by atoms with Gasteiger partial charge in [0.1, 0.15) is 0 Å². The average Bonchev–Trinajstić information content (AvgIpc) is 2.56. The van der Waals surface area contributed by atoms with E-state index >= 15 is 0 Å². The number of hydrogen-bond acceptors (Lipinski definition) is 6. The standard InChI is InChI=1S/C15H11ClN4O5/c16-13-6-5-12(19(22)23)7-11(13)9-17-18-15(21)8-10-3-1-2-4-14(10)20(24)25/h1-7,9H,8H2,(H,18,21)/b17-9+. The number of para-hydroxylation sites is 1. The Kier molecular flexibility index (Phi) is 5.75. The monoisotopic (exact) mass is 362 g/mol. The molecule has 10 heteroatoms. The summed E-state index contributed by atoms with van der Waals surface area (Å²) in [6.07, 6.45) is 0.920. The van der Waals surface area contributed by atoms with E-state index in [1.807, 2.05) is 0 Å². The topological polar surface area (TPSA) is 128 Å². The molecular formula is C15H11ClN4O5. The minimum Gasteiger partial charge on any atom is -0.273 e. The molecule has 0 aliphatic rings. The van der Waals surface area contributed by atoms with Crippen molar-refractivity contribution in [3.63, 3.8) is 0 Å². The van der Waals surface area contributed by atoms with Crippen LogP contribution in [0.2, 0.25) is 5.02 Å². The van der Waals surface area contributed by atoms with Gasteiger partial charge in [-0.2, -0.15) is 5.10 Å². The number of rotatable bonds is 6. The van der Waals surface area contributed by atoms with Crippen molar-refractivity contribution in [3.8, 4) is 0 Å². The van der Waals surface area contributed by atoms with E-state index < -0.39 is 15.8 Å². The molecule has 2 aromatic rings. The number of amides is 1. The molecule has 0 aliphatic carbocycles. The van der Waals surface area contributed by atoms with Gasteiger partial charge in [0.2, 0.25) is 5.91 Å². The van der Waals surface area contributed by atoms with Crippen molar-refractivity contribution < 1.29 is 14.6 Å². The van der Waals surface area contributed by atoms with E-state index in [0.29, 0.717) is 0 Å². The highest BCUT2D eigenvalue weighted by Gasteiger charge is 2.15. The number of nitrogens with zero attached hydrogens (tertiary/aromatic N) is 3. The fourth-order valence-corrected chi connectivity index (χ4v) is 2.13. The average molecular weight is 363 g/mol. The Morgan fingerprint density at radius 1 is 1.16 bits per heavy atom. The Labute approximate surface area is 146 Å². The Hall–Kier alpha value is -3.33.